The third-order valence-electron chi connectivity index (χ3n) is 3.85. The Morgan fingerprint density at radius 2 is 1.96 bits per heavy atom. The molecular weight excluding hydrogens is 338 g/mol. The Balaban J connectivity index is 2.19. The number of rotatable bonds is 6. The molecule has 1 aromatic heterocycles. The van der Waals surface area contributed by atoms with Crippen molar-refractivity contribution >= 4 is 23.1 Å². The summed E-state index contributed by atoms with van der Waals surface area (Å²) < 4.78 is 5.76. The standard InChI is InChI=1S/C19H23NO4S/c1-6-12-7-8-15(13(9-12)19(3,4)5)24-10-14(21)17-20-11(2)16(25-17)18(22)23/h7-9H,6,10H2,1-5H3,(H,22,23). The van der Waals surface area contributed by atoms with Gasteiger partial charge in [0.2, 0.25) is 5.78 Å². The zero-order valence-corrected chi connectivity index (χ0v) is 16.0. The van der Waals surface area contributed by atoms with Crippen LogP contribution in [0.25, 0.3) is 0 Å². The van der Waals surface area contributed by atoms with E-state index in [9.17, 15) is 9.59 Å². The highest BCUT2D eigenvalue weighted by atomic mass is 32.1. The van der Waals surface area contributed by atoms with Gasteiger partial charge in [-0.05, 0) is 36.0 Å². The summed E-state index contributed by atoms with van der Waals surface area (Å²) >= 11 is 0.886. The minimum atomic E-state index is -1.07. The van der Waals surface area contributed by atoms with Gasteiger partial charge in [-0.1, -0.05) is 39.8 Å². The number of Topliss-reactive ketones (excluding diaryl/α,β-unsaturated/α-hetero) is 1. The lowest BCUT2D eigenvalue weighted by Gasteiger charge is -2.23. The second kappa shape index (κ2) is 7.35. The summed E-state index contributed by atoms with van der Waals surface area (Å²) in [5.41, 5.74) is 2.49. The number of carbonyl (C=O) groups is 2. The fourth-order valence-electron chi connectivity index (χ4n) is 2.43. The number of hydrogen-bond donors (Lipinski definition) is 1. The number of benzene rings is 1. The van der Waals surface area contributed by atoms with Gasteiger partial charge in [-0.25, -0.2) is 9.78 Å². The lowest BCUT2D eigenvalue weighted by atomic mass is 9.85. The van der Waals surface area contributed by atoms with E-state index >= 15 is 0 Å². The van der Waals surface area contributed by atoms with Gasteiger partial charge in [0.15, 0.2) is 11.6 Å². The number of aromatic carboxylic acids is 1. The molecular formula is C19H23NO4S. The van der Waals surface area contributed by atoms with Crippen molar-refractivity contribution in [2.75, 3.05) is 6.61 Å². The Hall–Kier alpha value is -2.21. The molecule has 0 fully saturated rings. The molecule has 0 saturated heterocycles. The molecule has 25 heavy (non-hydrogen) atoms. The maximum Gasteiger partial charge on any atom is 0.347 e. The monoisotopic (exact) mass is 361 g/mol. The molecule has 0 radical (unpaired) electrons. The quantitative estimate of drug-likeness (QED) is 0.778. The van der Waals surface area contributed by atoms with Gasteiger partial charge in [0.05, 0.1) is 5.69 Å². The predicted octanol–water partition coefficient (Wildman–Crippen LogP) is 4.27. The van der Waals surface area contributed by atoms with Gasteiger partial charge in [-0.3, -0.25) is 4.79 Å². The van der Waals surface area contributed by atoms with Crippen molar-refractivity contribution in [1.29, 1.82) is 0 Å². The summed E-state index contributed by atoms with van der Waals surface area (Å²) in [4.78, 5) is 27.5. The normalized spacial score (nSPS) is 11.4. The highest BCUT2D eigenvalue weighted by Gasteiger charge is 2.22. The third-order valence-corrected chi connectivity index (χ3v) is 5.03. The molecule has 1 heterocycles. The first-order valence-electron chi connectivity index (χ1n) is 8.13. The molecule has 0 spiro atoms. The smallest absolute Gasteiger partial charge is 0.347 e. The molecule has 0 amide bonds. The van der Waals surface area contributed by atoms with Crippen LogP contribution >= 0.6 is 11.3 Å². The summed E-state index contributed by atoms with van der Waals surface area (Å²) in [5, 5.41) is 9.24. The number of thiazole rings is 1. The van der Waals surface area contributed by atoms with Crippen molar-refractivity contribution in [3.8, 4) is 5.75 Å². The summed E-state index contributed by atoms with van der Waals surface area (Å²) in [6, 6.07) is 5.99. The van der Waals surface area contributed by atoms with E-state index in [1.54, 1.807) is 6.92 Å². The van der Waals surface area contributed by atoms with Gasteiger partial charge in [0.1, 0.15) is 10.6 Å². The predicted molar refractivity (Wildman–Crippen MR) is 98.2 cm³/mol. The molecule has 134 valence electrons. The van der Waals surface area contributed by atoms with Crippen molar-refractivity contribution in [3.05, 3.63) is 44.9 Å². The molecule has 0 bridgehead atoms. The fourth-order valence-corrected chi connectivity index (χ4v) is 3.26. The van der Waals surface area contributed by atoms with E-state index in [1.165, 1.54) is 5.56 Å². The maximum atomic E-state index is 12.3. The molecule has 1 N–H and O–H groups in total. The molecule has 2 rings (SSSR count). The number of ether oxygens (including phenoxy) is 1. The van der Waals surface area contributed by atoms with Crippen molar-refractivity contribution in [3.63, 3.8) is 0 Å². The number of nitrogens with zero attached hydrogens (tertiary/aromatic N) is 1. The zero-order valence-electron chi connectivity index (χ0n) is 15.2. The first-order valence-corrected chi connectivity index (χ1v) is 8.95. The van der Waals surface area contributed by atoms with E-state index in [2.05, 4.69) is 38.7 Å². The number of carboxylic acids is 1. The SMILES string of the molecule is CCc1ccc(OCC(=O)c2nc(C)c(C(=O)O)s2)c(C(C)(C)C)c1. The van der Waals surface area contributed by atoms with Gasteiger partial charge in [-0.15, -0.1) is 11.3 Å². The van der Waals surface area contributed by atoms with Crippen LogP contribution in [-0.4, -0.2) is 28.4 Å². The summed E-state index contributed by atoms with van der Waals surface area (Å²) in [6.07, 6.45) is 0.929. The molecule has 0 aliphatic rings. The first-order chi connectivity index (χ1) is 11.6. The highest BCUT2D eigenvalue weighted by Crippen LogP contribution is 2.32. The van der Waals surface area contributed by atoms with Crippen molar-refractivity contribution in [1.82, 2.24) is 4.98 Å². The van der Waals surface area contributed by atoms with E-state index in [4.69, 9.17) is 9.84 Å². The second-order valence-corrected chi connectivity index (χ2v) is 7.88. The molecule has 0 atom stereocenters. The fraction of sp³-hybridized carbons (Fsp3) is 0.421. The Labute approximate surface area is 151 Å². The molecule has 0 aliphatic carbocycles. The minimum absolute atomic E-state index is 0.0889. The van der Waals surface area contributed by atoms with E-state index in [1.807, 2.05) is 12.1 Å². The Morgan fingerprint density at radius 3 is 2.48 bits per heavy atom. The number of carbonyl (C=O) groups excluding carboxylic acids is 1. The summed E-state index contributed by atoms with van der Waals surface area (Å²) in [6.45, 7) is 9.80. The molecule has 6 heteroatoms. The number of aromatic nitrogens is 1. The van der Waals surface area contributed by atoms with E-state index < -0.39 is 5.97 Å². The number of ketones is 1. The Morgan fingerprint density at radius 1 is 1.28 bits per heavy atom. The lowest BCUT2D eigenvalue weighted by molar-refractivity contribution is 0.0701. The molecule has 0 unspecified atom stereocenters. The number of hydrogen-bond acceptors (Lipinski definition) is 5. The topological polar surface area (TPSA) is 76.5 Å². The van der Waals surface area contributed by atoms with E-state index in [0.29, 0.717) is 11.4 Å². The van der Waals surface area contributed by atoms with Crippen molar-refractivity contribution in [2.45, 2.75) is 46.5 Å². The summed E-state index contributed by atoms with van der Waals surface area (Å²) in [7, 11) is 0. The molecule has 5 nitrogen and oxygen atoms in total. The van der Waals surface area contributed by atoms with Crippen LogP contribution in [0, 0.1) is 6.92 Å². The van der Waals surface area contributed by atoms with Gasteiger partial charge in [-0.2, -0.15) is 0 Å². The van der Waals surface area contributed by atoms with Gasteiger partial charge in [0, 0.05) is 0 Å². The van der Waals surface area contributed by atoms with Crippen LogP contribution in [0.15, 0.2) is 18.2 Å². The molecule has 0 saturated carbocycles. The molecule has 0 aliphatic heterocycles. The summed E-state index contributed by atoms with van der Waals surface area (Å²) in [5.74, 6) is -0.718. The van der Waals surface area contributed by atoms with Gasteiger partial charge >= 0.3 is 5.97 Å². The van der Waals surface area contributed by atoms with Crippen LogP contribution in [0.1, 0.15) is 64.0 Å². The van der Waals surface area contributed by atoms with Crippen LogP contribution in [-0.2, 0) is 11.8 Å². The van der Waals surface area contributed by atoms with E-state index in [0.717, 1.165) is 23.3 Å². The molecule has 1 aromatic carbocycles. The van der Waals surface area contributed by atoms with Crippen LogP contribution in [0.2, 0.25) is 0 Å². The highest BCUT2D eigenvalue weighted by molar-refractivity contribution is 7.15. The lowest BCUT2D eigenvalue weighted by Crippen LogP contribution is -2.17. The Bertz CT molecular complexity index is 802. The largest absolute Gasteiger partial charge is 0.485 e. The van der Waals surface area contributed by atoms with Gasteiger partial charge in [0.25, 0.3) is 0 Å². The minimum Gasteiger partial charge on any atom is -0.485 e. The van der Waals surface area contributed by atoms with Crippen molar-refractivity contribution in [2.24, 2.45) is 0 Å². The average Bonchev–Trinajstić information content (AvgIpc) is 2.93. The number of aryl methyl sites for hydroxylation is 2. The van der Waals surface area contributed by atoms with Crippen LogP contribution in [0.3, 0.4) is 0 Å². The van der Waals surface area contributed by atoms with Crippen LogP contribution in [0.5, 0.6) is 5.75 Å². The van der Waals surface area contributed by atoms with Crippen molar-refractivity contribution < 1.29 is 19.4 Å². The molecule has 2 aromatic rings. The number of carboxylic acid groups (broad SMARTS) is 1. The first kappa shape index (κ1) is 19.1. The van der Waals surface area contributed by atoms with Gasteiger partial charge < -0.3 is 9.84 Å². The maximum absolute atomic E-state index is 12.3. The Kier molecular flexibility index (Phi) is 5.62. The zero-order chi connectivity index (χ0) is 18.8. The van der Waals surface area contributed by atoms with Crippen LogP contribution < -0.4 is 4.74 Å². The van der Waals surface area contributed by atoms with Crippen LogP contribution in [0.4, 0.5) is 0 Å². The van der Waals surface area contributed by atoms with E-state index in [-0.39, 0.29) is 27.7 Å². The average molecular weight is 361 g/mol. The second-order valence-electron chi connectivity index (χ2n) is 6.88. The third kappa shape index (κ3) is 4.45.